The van der Waals surface area contributed by atoms with Crippen molar-refractivity contribution in [3.05, 3.63) is 29.6 Å². The zero-order chi connectivity index (χ0) is 15.1. The Balaban J connectivity index is 2.60. The molecule has 0 aliphatic carbocycles. The number of carboxylic acid groups (broad SMARTS) is 1. The van der Waals surface area contributed by atoms with E-state index in [9.17, 15) is 14.4 Å². The van der Waals surface area contributed by atoms with Crippen LogP contribution >= 0.6 is 0 Å². The lowest BCUT2D eigenvalue weighted by Gasteiger charge is -2.09. The topological polar surface area (TPSA) is 108 Å². The van der Waals surface area contributed by atoms with E-state index < -0.39 is 11.9 Å². The lowest BCUT2D eigenvalue weighted by Crippen LogP contribution is -2.38. The maximum absolute atomic E-state index is 11.8. The van der Waals surface area contributed by atoms with E-state index in [4.69, 9.17) is 5.11 Å². The van der Waals surface area contributed by atoms with E-state index in [2.05, 4.69) is 15.6 Å². The average Bonchev–Trinajstić information content (AvgIpc) is 2.42. The van der Waals surface area contributed by atoms with Gasteiger partial charge in [-0.25, -0.2) is 4.79 Å². The third-order valence-electron chi connectivity index (χ3n) is 2.37. The Morgan fingerprint density at radius 1 is 1.30 bits per heavy atom. The number of hydrogen-bond donors (Lipinski definition) is 3. The van der Waals surface area contributed by atoms with Gasteiger partial charge >= 0.3 is 5.97 Å². The van der Waals surface area contributed by atoms with E-state index in [0.717, 1.165) is 0 Å². The highest BCUT2D eigenvalue weighted by Gasteiger charge is 2.17. The normalized spacial score (nSPS) is 10.2. The lowest BCUT2D eigenvalue weighted by molar-refractivity contribution is -0.120. The summed E-state index contributed by atoms with van der Waals surface area (Å²) in [4.78, 5) is 37.9. The fourth-order valence-electron chi connectivity index (χ4n) is 1.38. The first-order valence-corrected chi connectivity index (χ1v) is 6.15. The molecular weight excluding hydrogens is 262 g/mol. The average molecular weight is 279 g/mol. The van der Waals surface area contributed by atoms with Gasteiger partial charge in [0.2, 0.25) is 5.91 Å². The number of nitrogens with zero attached hydrogens (tertiary/aromatic N) is 1. The van der Waals surface area contributed by atoms with Crippen LogP contribution in [0.3, 0.4) is 0 Å². The van der Waals surface area contributed by atoms with E-state index in [1.165, 1.54) is 18.3 Å². The highest BCUT2D eigenvalue weighted by atomic mass is 16.4. The molecule has 20 heavy (non-hydrogen) atoms. The minimum Gasteiger partial charge on any atom is -0.478 e. The smallest absolute Gasteiger partial charge is 0.338 e. The van der Waals surface area contributed by atoms with Crippen molar-refractivity contribution < 1.29 is 19.5 Å². The molecule has 0 spiro atoms. The molecule has 2 amide bonds. The van der Waals surface area contributed by atoms with E-state index in [0.29, 0.717) is 12.5 Å². The van der Waals surface area contributed by atoms with Gasteiger partial charge in [0.05, 0.1) is 12.1 Å². The molecule has 0 saturated carbocycles. The van der Waals surface area contributed by atoms with Crippen molar-refractivity contribution in [1.29, 1.82) is 0 Å². The van der Waals surface area contributed by atoms with Crippen molar-refractivity contribution in [3.8, 4) is 0 Å². The van der Waals surface area contributed by atoms with Gasteiger partial charge in [0, 0.05) is 12.7 Å². The number of hydrogen-bond acceptors (Lipinski definition) is 4. The molecule has 1 aromatic heterocycles. The van der Waals surface area contributed by atoms with Crippen molar-refractivity contribution in [2.75, 3.05) is 13.1 Å². The molecule has 0 aliphatic rings. The molecule has 0 aromatic carbocycles. The SMILES string of the molecule is CC(C)CNC(=O)CNC(=O)c1ncccc1C(=O)O. The predicted molar refractivity (Wildman–Crippen MR) is 71.4 cm³/mol. The molecule has 0 unspecified atom stereocenters. The van der Waals surface area contributed by atoms with Gasteiger partial charge in [-0.15, -0.1) is 0 Å². The van der Waals surface area contributed by atoms with Crippen LogP contribution in [0.25, 0.3) is 0 Å². The maximum Gasteiger partial charge on any atom is 0.338 e. The van der Waals surface area contributed by atoms with Crippen LogP contribution in [-0.2, 0) is 4.79 Å². The van der Waals surface area contributed by atoms with Crippen molar-refractivity contribution in [2.24, 2.45) is 5.92 Å². The van der Waals surface area contributed by atoms with Crippen molar-refractivity contribution in [1.82, 2.24) is 15.6 Å². The largest absolute Gasteiger partial charge is 0.478 e. The van der Waals surface area contributed by atoms with Crippen LogP contribution in [0.2, 0.25) is 0 Å². The molecule has 1 aromatic rings. The second kappa shape index (κ2) is 7.22. The van der Waals surface area contributed by atoms with Gasteiger partial charge in [-0.3, -0.25) is 14.6 Å². The predicted octanol–water partition coefficient (Wildman–Crippen LogP) is 0.282. The molecule has 0 atom stereocenters. The van der Waals surface area contributed by atoms with Gasteiger partial charge in [0.1, 0.15) is 5.69 Å². The van der Waals surface area contributed by atoms with E-state index in [-0.39, 0.29) is 23.7 Å². The van der Waals surface area contributed by atoms with Gasteiger partial charge in [-0.05, 0) is 18.1 Å². The standard InChI is InChI=1S/C13H17N3O4/c1-8(2)6-15-10(17)7-16-12(18)11-9(13(19)20)4-3-5-14-11/h3-5,8H,6-7H2,1-2H3,(H,15,17)(H,16,18)(H,19,20). The van der Waals surface area contributed by atoms with E-state index in [1.807, 2.05) is 13.8 Å². The van der Waals surface area contributed by atoms with Gasteiger partial charge in [0.25, 0.3) is 5.91 Å². The molecule has 1 rings (SSSR count). The second-order valence-corrected chi connectivity index (χ2v) is 4.59. The summed E-state index contributed by atoms with van der Waals surface area (Å²) >= 11 is 0. The summed E-state index contributed by atoms with van der Waals surface area (Å²) in [7, 11) is 0. The third-order valence-corrected chi connectivity index (χ3v) is 2.37. The molecule has 0 fully saturated rings. The van der Waals surface area contributed by atoms with Gasteiger partial charge in [-0.2, -0.15) is 0 Å². The number of pyridine rings is 1. The number of aromatic carboxylic acids is 1. The Labute approximate surface area is 116 Å². The molecular formula is C13H17N3O4. The fourth-order valence-corrected chi connectivity index (χ4v) is 1.38. The molecule has 7 nitrogen and oxygen atoms in total. The number of carbonyl (C=O) groups is 3. The van der Waals surface area contributed by atoms with Crippen molar-refractivity contribution in [3.63, 3.8) is 0 Å². The van der Waals surface area contributed by atoms with Crippen LogP contribution in [-0.4, -0.2) is 41.0 Å². The molecule has 0 saturated heterocycles. The quantitative estimate of drug-likeness (QED) is 0.693. The Bertz CT molecular complexity index is 514. The number of amides is 2. The Morgan fingerprint density at radius 3 is 2.60 bits per heavy atom. The summed E-state index contributed by atoms with van der Waals surface area (Å²) in [5.74, 6) is -1.96. The highest BCUT2D eigenvalue weighted by Crippen LogP contribution is 2.04. The third kappa shape index (κ3) is 4.68. The number of nitrogens with one attached hydrogen (secondary N) is 2. The molecule has 0 bridgehead atoms. The monoisotopic (exact) mass is 279 g/mol. The number of carbonyl (C=O) groups excluding carboxylic acids is 2. The van der Waals surface area contributed by atoms with Crippen LogP contribution in [0.5, 0.6) is 0 Å². The van der Waals surface area contributed by atoms with E-state index >= 15 is 0 Å². The Hall–Kier alpha value is -2.44. The highest BCUT2D eigenvalue weighted by molar-refractivity contribution is 6.04. The molecule has 0 aliphatic heterocycles. The van der Waals surface area contributed by atoms with Crippen LogP contribution in [0.1, 0.15) is 34.7 Å². The Kier molecular flexibility index (Phi) is 5.64. The van der Waals surface area contributed by atoms with Crippen molar-refractivity contribution >= 4 is 17.8 Å². The minimum atomic E-state index is -1.24. The summed E-state index contributed by atoms with van der Waals surface area (Å²) in [5, 5.41) is 13.9. The number of rotatable bonds is 6. The summed E-state index contributed by atoms with van der Waals surface area (Å²) in [5.41, 5.74) is -0.413. The molecule has 108 valence electrons. The number of carboxylic acids is 1. The summed E-state index contributed by atoms with van der Waals surface area (Å²) in [6.45, 7) is 4.19. The first-order chi connectivity index (χ1) is 9.41. The van der Waals surface area contributed by atoms with Crippen LogP contribution in [0.4, 0.5) is 0 Å². The van der Waals surface area contributed by atoms with Crippen LogP contribution in [0.15, 0.2) is 18.3 Å². The fraction of sp³-hybridized carbons (Fsp3) is 0.385. The Morgan fingerprint density at radius 2 is 2.00 bits per heavy atom. The first-order valence-electron chi connectivity index (χ1n) is 6.15. The summed E-state index contributed by atoms with van der Waals surface area (Å²) in [6.07, 6.45) is 1.32. The maximum atomic E-state index is 11.8. The molecule has 7 heteroatoms. The van der Waals surface area contributed by atoms with Crippen molar-refractivity contribution in [2.45, 2.75) is 13.8 Å². The zero-order valence-electron chi connectivity index (χ0n) is 11.3. The minimum absolute atomic E-state index is 0.201. The summed E-state index contributed by atoms with van der Waals surface area (Å²) in [6, 6.07) is 2.71. The summed E-state index contributed by atoms with van der Waals surface area (Å²) < 4.78 is 0. The van der Waals surface area contributed by atoms with Crippen LogP contribution in [0, 0.1) is 5.92 Å². The lowest BCUT2D eigenvalue weighted by atomic mass is 10.2. The number of aromatic nitrogens is 1. The van der Waals surface area contributed by atoms with Crippen LogP contribution < -0.4 is 10.6 Å². The van der Waals surface area contributed by atoms with Gasteiger partial charge in [-0.1, -0.05) is 13.8 Å². The molecule has 3 N–H and O–H groups in total. The van der Waals surface area contributed by atoms with E-state index in [1.54, 1.807) is 0 Å². The zero-order valence-corrected chi connectivity index (χ0v) is 11.3. The first kappa shape index (κ1) is 15.6. The molecule has 1 heterocycles. The molecule has 0 radical (unpaired) electrons. The second-order valence-electron chi connectivity index (χ2n) is 4.59. The van der Waals surface area contributed by atoms with Gasteiger partial charge < -0.3 is 15.7 Å². The van der Waals surface area contributed by atoms with Gasteiger partial charge in [0.15, 0.2) is 0 Å².